The van der Waals surface area contributed by atoms with Gasteiger partial charge in [0.05, 0.1) is 45.2 Å². The second kappa shape index (κ2) is 11.7. The fourth-order valence-corrected chi connectivity index (χ4v) is 1.52. The van der Waals surface area contributed by atoms with Crippen LogP contribution in [0.25, 0.3) is 0 Å². The Hall–Kier alpha value is -1.89. The van der Waals surface area contributed by atoms with Gasteiger partial charge in [-0.2, -0.15) is 0 Å². The molecule has 0 radical (unpaired) electrons. The normalized spacial score (nSPS) is 10.4. The van der Waals surface area contributed by atoms with Crippen molar-refractivity contribution in [2.45, 2.75) is 0 Å². The maximum absolute atomic E-state index is 10.7. The maximum Gasteiger partial charge on any atom is 0.335 e. The Labute approximate surface area is 130 Å². The van der Waals surface area contributed by atoms with Gasteiger partial charge in [0.25, 0.3) is 0 Å². The summed E-state index contributed by atoms with van der Waals surface area (Å²) in [6.45, 7) is 6.99. The quantitative estimate of drug-likeness (QED) is 0.444. The summed E-state index contributed by atoms with van der Waals surface area (Å²) in [4.78, 5) is 10.7. The van der Waals surface area contributed by atoms with Crippen molar-refractivity contribution in [3.63, 3.8) is 0 Å². The molecule has 0 spiro atoms. The van der Waals surface area contributed by atoms with Gasteiger partial charge in [-0.25, -0.2) is 4.79 Å². The van der Waals surface area contributed by atoms with Crippen molar-refractivity contribution in [1.82, 2.24) is 0 Å². The first-order valence-electron chi connectivity index (χ1n) is 7.04. The van der Waals surface area contributed by atoms with Gasteiger partial charge in [0.1, 0.15) is 12.4 Å². The molecule has 0 heterocycles. The van der Waals surface area contributed by atoms with Gasteiger partial charge in [-0.05, 0) is 24.3 Å². The Balaban J connectivity index is 1.95. The molecule has 22 heavy (non-hydrogen) atoms. The first-order chi connectivity index (χ1) is 10.7. The Morgan fingerprint density at radius 2 is 1.50 bits per heavy atom. The molecule has 0 aliphatic heterocycles. The molecule has 0 aliphatic carbocycles. The second-order valence-electron chi connectivity index (χ2n) is 4.27. The lowest BCUT2D eigenvalue weighted by molar-refractivity contribution is 0.0135. The standard InChI is InChI=1S/C16H22O6/c1-2-7-19-8-9-20-10-11-21-12-13-22-15-5-3-14(4-6-15)16(17)18/h2-6H,1,7-13H2,(H,17,18). The van der Waals surface area contributed by atoms with E-state index in [9.17, 15) is 4.79 Å². The van der Waals surface area contributed by atoms with Gasteiger partial charge in [-0.15, -0.1) is 6.58 Å². The average molecular weight is 310 g/mol. The molecule has 1 N–H and O–H groups in total. The van der Waals surface area contributed by atoms with E-state index < -0.39 is 5.97 Å². The van der Waals surface area contributed by atoms with Crippen molar-refractivity contribution in [3.8, 4) is 5.75 Å². The van der Waals surface area contributed by atoms with E-state index in [1.807, 2.05) is 0 Å². The molecular formula is C16H22O6. The third-order valence-corrected chi connectivity index (χ3v) is 2.58. The van der Waals surface area contributed by atoms with Crippen LogP contribution < -0.4 is 4.74 Å². The molecule has 0 saturated carbocycles. The van der Waals surface area contributed by atoms with Gasteiger partial charge in [0, 0.05) is 0 Å². The van der Waals surface area contributed by atoms with E-state index in [1.54, 1.807) is 18.2 Å². The van der Waals surface area contributed by atoms with Gasteiger partial charge in [0.2, 0.25) is 0 Å². The number of carboxylic acid groups (broad SMARTS) is 1. The van der Waals surface area contributed by atoms with Crippen molar-refractivity contribution >= 4 is 5.97 Å². The van der Waals surface area contributed by atoms with Crippen LogP contribution >= 0.6 is 0 Å². The highest BCUT2D eigenvalue weighted by Crippen LogP contribution is 2.11. The number of aromatic carboxylic acids is 1. The van der Waals surface area contributed by atoms with Crippen LogP contribution in [-0.4, -0.2) is 57.3 Å². The molecule has 6 heteroatoms. The Morgan fingerprint density at radius 3 is 2.05 bits per heavy atom. The first kappa shape index (κ1) is 18.2. The molecule has 0 fully saturated rings. The van der Waals surface area contributed by atoms with Crippen LogP contribution in [0.5, 0.6) is 5.75 Å². The summed E-state index contributed by atoms with van der Waals surface area (Å²) in [5.74, 6) is -0.339. The van der Waals surface area contributed by atoms with Crippen LogP contribution in [-0.2, 0) is 14.2 Å². The van der Waals surface area contributed by atoms with Gasteiger partial charge in [0.15, 0.2) is 0 Å². The number of hydrogen-bond acceptors (Lipinski definition) is 5. The van der Waals surface area contributed by atoms with Gasteiger partial charge < -0.3 is 24.1 Å². The van der Waals surface area contributed by atoms with E-state index in [0.717, 1.165) is 0 Å². The molecule has 0 amide bonds. The van der Waals surface area contributed by atoms with Crippen molar-refractivity contribution < 1.29 is 28.8 Å². The van der Waals surface area contributed by atoms with Gasteiger partial charge >= 0.3 is 5.97 Å². The van der Waals surface area contributed by atoms with E-state index in [4.69, 9.17) is 24.1 Å². The number of rotatable bonds is 13. The van der Waals surface area contributed by atoms with E-state index >= 15 is 0 Å². The van der Waals surface area contributed by atoms with Crippen LogP contribution in [0.3, 0.4) is 0 Å². The predicted octanol–water partition coefficient (Wildman–Crippen LogP) is 2.00. The number of carboxylic acids is 1. The second-order valence-corrected chi connectivity index (χ2v) is 4.27. The summed E-state index contributed by atoms with van der Waals surface area (Å²) in [5.41, 5.74) is 0.234. The minimum atomic E-state index is -0.954. The van der Waals surface area contributed by atoms with Crippen molar-refractivity contribution in [2.75, 3.05) is 46.2 Å². The Kier molecular flexibility index (Phi) is 9.69. The fourth-order valence-electron chi connectivity index (χ4n) is 1.52. The highest BCUT2D eigenvalue weighted by atomic mass is 16.6. The Morgan fingerprint density at radius 1 is 0.955 bits per heavy atom. The molecule has 1 aromatic carbocycles. The lowest BCUT2D eigenvalue weighted by atomic mass is 10.2. The molecule has 1 aromatic rings. The minimum Gasteiger partial charge on any atom is -0.491 e. The highest BCUT2D eigenvalue weighted by Gasteiger charge is 2.01. The topological polar surface area (TPSA) is 74.2 Å². The molecular weight excluding hydrogens is 288 g/mol. The van der Waals surface area contributed by atoms with E-state index in [1.165, 1.54) is 12.1 Å². The van der Waals surface area contributed by atoms with E-state index in [0.29, 0.717) is 52.0 Å². The number of benzene rings is 1. The molecule has 0 atom stereocenters. The largest absolute Gasteiger partial charge is 0.491 e. The summed E-state index contributed by atoms with van der Waals surface area (Å²) < 4.78 is 21.2. The lowest BCUT2D eigenvalue weighted by Crippen LogP contribution is -2.12. The summed E-state index contributed by atoms with van der Waals surface area (Å²) in [6, 6.07) is 6.24. The third-order valence-electron chi connectivity index (χ3n) is 2.58. The first-order valence-corrected chi connectivity index (χ1v) is 7.04. The molecule has 0 bridgehead atoms. The SMILES string of the molecule is C=CCOCCOCCOCCOc1ccc(C(=O)O)cc1. The molecule has 1 rings (SSSR count). The molecule has 0 unspecified atom stereocenters. The van der Waals surface area contributed by atoms with Crippen molar-refractivity contribution in [1.29, 1.82) is 0 Å². The van der Waals surface area contributed by atoms with Crippen LogP contribution in [0.4, 0.5) is 0 Å². The van der Waals surface area contributed by atoms with Crippen LogP contribution in [0.2, 0.25) is 0 Å². The number of carbonyl (C=O) groups is 1. The van der Waals surface area contributed by atoms with Crippen LogP contribution in [0.1, 0.15) is 10.4 Å². The third kappa shape index (κ3) is 8.41. The summed E-state index contributed by atoms with van der Waals surface area (Å²) in [6.07, 6.45) is 1.69. The number of ether oxygens (including phenoxy) is 4. The monoisotopic (exact) mass is 310 g/mol. The minimum absolute atomic E-state index is 0.234. The predicted molar refractivity (Wildman–Crippen MR) is 81.6 cm³/mol. The van der Waals surface area contributed by atoms with Gasteiger partial charge in [-0.1, -0.05) is 6.08 Å². The fraction of sp³-hybridized carbons (Fsp3) is 0.438. The zero-order valence-electron chi connectivity index (χ0n) is 12.5. The number of hydrogen-bond donors (Lipinski definition) is 1. The van der Waals surface area contributed by atoms with E-state index in [-0.39, 0.29) is 5.56 Å². The smallest absolute Gasteiger partial charge is 0.335 e. The van der Waals surface area contributed by atoms with Crippen LogP contribution in [0, 0.1) is 0 Å². The zero-order valence-corrected chi connectivity index (χ0v) is 12.5. The molecule has 6 nitrogen and oxygen atoms in total. The van der Waals surface area contributed by atoms with Crippen molar-refractivity contribution in [3.05, 3.63) is 42.5 Å². The summed E-state index contributed by atoms with van der Waals surface area (Å²) >= 11 is 0. The zero-order chi connectivity index (χ0) is 16.0. The summed E-state index contributed by atoms with van der Waals surface area (Å²) in [7, 11) is 0. The molecule has 0 aliphatic rings. The van der Waals surface area contributed by atoms with Gasteiger partial charge in [-0.3, -0.25) is 0 Å². The molecule has 122 valence electrons. The molecule has 0 saturated heterocycles. The van der Waals surface area contributed by atoms with Crippen molar-refractivity contribution in [2.24, 2.45) is 0 Å². The van der Waals surface area contributed by atoms with Crippen LogP contribution in [0.15, 0.2) is 36.9 Å². The average Bonchev–Trinajstić information content (AvgIpc) is 2.53. The maximum atomic E-state index is 10.7. The Bertz CT molecular complexity index is 429. The highest BCUT2D eigenvalue weighted by molar-refractivity contribution is 5.87. The summed E-state index contributed by atoms with van der Waals surface area (Å²) in [5, 5.41) is 8.77. The van der Waals surface area contributed by atoms with E-state index in [2.05, 4.69) is 6.58 Å². The molecule has 0 aromatic heterocycles. The lowest BCUT2D eigenvalue weighted by Gasteiger charge is -2.08.